The fraction of sp³-hybridized carbons (Fsp3) is 0.0625. The van der Waals surface area contributed by atoms with Gasteiger partial charge in [-0.3, -0.25) is 4.79 Å². The van der Waals surface area contributed by atoms with Crippen molar-refractivity contribution in [1.29, 1.82) is 0 Å². The number of rotatable bonds is 2. The van der Waals surface area contributed by atoms with E-state index in [-0.39, 0.29) is 18.0 Å². The molecule has 2 heterocycles. The SMILES string of the molecule is O=C1CN(c2cc(-c3cc4ccccc4[nH]3)ccc2O)S(=O)(=O)N1. The number of aromatic amines is 1. The molecule has 1 aromatic heterocycles. The molecule has 1 aliphatic rings. The maximum absolute atomic E-state index is 12.0. The molecule has 8 heteroatoms. The number of hydrogen-bond donors (Lipinski definition) is 3. The van der Waals surface area contributed by atoms with E-state index >= 15 is 0 Å². The van der Waals surface area contributed by atoms with Crippen LogP contribution in [0.4, 0.5) is 5.69 Å². The molecule has 24 heavy (non-hydrogen) atoms. The molecule has 122 valence electrons. The van der Waals surface area contributed by atoms with Crippen molar-refractivity contribution in [2.24, 2.45) is 0 Å². The third kappa shape index (κ3) is 2.28. The molecule has 0 bridgehead atoms. The molecule has 0 spiro atoms. The second kappa shape index (κ2) is 5.00. The number of amides is 1. The molecule has 3 N–H and O–H groups in total. The molecule has 0 atom stereocenters. The summed E-state index contributed by atoms with van der Waals surface area (Å²) in [5.74, 6) is -0.847. The number of benzene rings is 2. The Labute approximate surface area is 137 Å². The number of para-hydroxylation sites is 1. The monoisotopic (exact) mass is 343 g/mol. The summed E-state index contributed by atoms with van der Waals surface area (Å²) in [4.78, 5) is 14.7. The molecular formula is C16H13N3O4S. The molecule has 0 saturated carbocycles. The molecule has 4 rings (SSSR count). The summed E-state index contributed by atoms with van der Waals surface area (Å²) in [6.45, 7) is -0.355. The number of carbonyl (C=O) groups excluding carboxylic acids is 1. The average molecular weight is 343 g/mol. The van der Waals surface area contributed by atoms with E-state index in [0.717, 1.165) is 20.9 Å². The second-order valence-corrected chi connectivity index (χ2v) is 7.11. The summed E-state index contributed by atoms with van der Waals surface area (Å²) in [5, 5.41) is 11.1. The fourth-order valence-electron chi connectivity index (χ4n) is 2.78. The van der Waals surface area contributed by atoms with Crippen LogP contribution in [0.25, 0.3) is 22.2 Å². The first-order valence-corrected chi connectivity index (χ1v) is 8.62. The van der Waals surface area contributed by atoms with Crippen LogP contribution in [0.3, 0.4) is 0 Å². The Morgan fingerprint density at radius 2 is 1.88 bits per heavy atom. The van der Waals surface area contributed by atoms with Crippen molar-refractivity contribution in [2.45, 2.75) is 0 Å². The highest BCUT2D eigenvalue weighted by Crippen LogP contribution is 2.35. The van der Waals surface area contributed by atoms with E-state index in [2.05, 4.69) is 4.98 Å². The highest BCUT2D eigenvalue weighted by molar-refractivity contribution is 7.92. The zero-order chi connectivity index (χ0) is 16.9. The lowest BCUT2D eigenvalue weighted by Crippen LogP contribution is -2.29. The number of anilines is 1. The molecule has 1 saturated heterocycles. The first-order chi connectivity index (χ1) is 11.4. The van der Waals surface area contributed by atoms with Crippen LogP contribution >= 0.6 is 0 Å². The quantitative estimate of drug-likeness (QED) is 0.659. The molecule has 0 radical (unpaired) electrons. The summed E-state index contributed by atoms with van der Waals surface area (Å²) >= 11 is 0. The van der Waals surface area contributed by atoms with Gasteiger partial charge in [0, 0.05) is 22.2 Å². The standard InChI is InChI=1S/C16H13N3O4S/c20-15-6-5-11(13-7-10-3-1-2-4-12(10)17-13)8-14(15)19-9-16(21)18-24(19,22)23/h1-8,17,20H,9H2,(H,18,21). The van der Waals surface area contributed by atoms with Crippen LogP contribution in [0.15, 0.2) is 48.5 Å². The van der Waals surface area contributed by atoms with E-state index in [4.69, 9.17) is 0 Å². The van der Waals surface area contributed by atoms with Gasteiger partial charge in [-0.2, -0.15) is 8.42 Å². The van der Waals surface area contributed by atoms with Crippen LogP contribution in [0.5, 0.6) is 5.75 Å². The summed E-state index contributed by atoms with van der Waals surface area (Å²) in [6.07, 6.45) is 0. The number of carbonyl (C=O) groups is 1. The lowest BCUT2D eigenvalue weighted by Gasteiger charge is -2.16. The number of nitrogens with zero attached hydrogens (tertiary/aromatic N) is 1. The molecule has 1 aliphatic heterocycles. The van der Waals surface area contributed by atoms with Gasteiger partial charge in [0.25, 0.3) is 5.91 Å². The van der Waals surface area contributed by atoms with Crippen molar-refractivity contribution < 1.29 is 18.3 Å². The number of aromatic nitrogens is 1. The van der Waals surface area contributed by atoms with Gasteiger partial charge in [0.1, 0.15) is 12.3 Å². The maximum Gasteiger partial charge on any atom is 0.326 e. The highest BCUT2D eigenvalue weighted by atomic mass is 32.2. The van der Waals surface area contributed by atoms with E-state index in [1.165, 1.54) is 12.1 Å². The highest BCUT2D eigenvalue weighted by Gasteiger charge is 2.35. The average Bonchev–Trinajstić information content (AvgIpc) is 3.07. The van der Waals surface area contributed by atoms with Crippen LogP contribution in [-0.2, 0) is 15.0 Å². The Hall–Kier alpha value is -3.00. The topological polar surface area (TPSA) is 102 Å². The number of fused-ring (bicyclic) bond motifs is 1. The van der Waals surface area contributed by atoms with E-state index in [9.17, 15) is 18.3 Å². The van der Waals surface area contributed by atoms with Crippen LogP contribution in [0, 0.1) is 0 Å². The normalized spacial score (nSPS) is 16.5. The van der Waals surface area contributed by atoms with Gasteiger partial charge >= 0.3 is 10.2 Å². The lowest BCUT2D eigenvalue weighted by atomic mass is 10.1. The van der Waals surface area contributed by atoms with E-state index < -0.39 is 16.1 Å². The minimum absolute atomic E-state index is 0.0597. The number of hydrogen-bond acceptors (Lipinski definition) is 4. The Morgan fingerprint density at radius 3 is 2.58 bits per heavy atom. The number of H-pyrrole nitrogens is 1. The van der Waals surface area contributed by atoms with E-state index in [0.29, 0.717) is 5.56 Å². The van der Waals surface area contributed by atoms with Gasteiger partial charge in [-0.15, -0.1) is 0 Å². The van der Waals surface area contributed by atoms with Crippen molar-refractivity contribution in [3.8, 4) is 17.0 Å². The Balaban J connectivity index is 1.83. The predicted molar refractivity (Wildman–Crippen MR) is 89.8 cm³/mol. The van der Waals surface area contributed by atoms with Crippen molar-refractivity contribution in [2.75, 3.05) is 10.8 Å². The van der Waals surface area contributed by atoms with Crippen LogP contribution in [0.2, 0.25) is 0 Å². The molecule has 0 aliphatic carbocycles. The van der Waals surface area contributed by atoms with E-state index in [1.54, 1.807) is 6.07 Å². The maximum atomic E-state index is 12.0. The first-order valence-electron chi connectivity index (χ1n) is 7.18. The number of nitrogens with one attached hydrogen (secondary N) is 2. The van der Waals surface area contributed by atoms with Gasteiger partial charge in [-0.25, -0.2) is 9.03 Å². The van der Waals surface area contributed by atoms with Gasteiger partial charge in [-0.1, -0.05) is 18.2 Å². The van der Waals surface area contributed by atoms with Crippen molar-refractivity contribution in [1.82, 2.24) is 9.71 Å². The first kappa shape index (κ1) is 14.6. The molecule has 1 amide bonds. The van der Waals surface area contributed by atoms with E-state index in [1.807, 2.05) is 35.1 Å². The fourth-order valence-corrected chi connectivity index (χ4v) is 3.94. The minimum Gasteiger partial charge on any atom is -0.506 e. The number of aromatic hydroxyl groups is 1. The number of phenolic OH excluding ortho intramolecular Hbond substituents is 1. The van der Waals surface area contributed by atoms with Gasteiger partial charge in [0.05, 0.1) is 5.69 Å². The predicted octanol–water partition coefficient (Wildman–Crippen LogP) is 1.72. The third-order valence-corrected chi connectivity index (χ3v) is 5.30. The largest absolute Gasteiger partial charge is 0.506 e. The second-order valence-electron chi connectivity index (χ2n) is 5.51. The Bertz CT molecular complexity index is 1040. The molecule has 3 aromatic rings. The van der Waals surface area contributed by atoms with Gasteiger partial charge in [0.2, 0.25) is 0 Å². The Morgan fingerprint density at radius 1 is 1.08 bits per heavy atom. The van der Waals surface area contributed by atoms with Gasteiger partial charge < -0.3 is 10.1 Å². The molecule has 2 aromatic carbocycles. The van der Waals surface area contributed by atoms with Crippen molar-refractivity contribution >= 4 is 32.7 Å². The zero-order valence-corrected chi connectivity index (χ0v) is 13.2. The Kier molecular flexibility index (Phi) is 3.04. The molecule has 1 fully saturated rings. The van der Waals surface area contributed by atoms with Crippen LogP contribution in [0.1, 0.15) is 0 Å². The lowest BCUT2D eigenvalue weighted by molar-refractivity contribution is -0.117. The molecule has 0 unspecified atom stereocenters. The summed E-state index contributed by atoms with van der Waals surface area (Å²) in [6, 6.07) is 14.3. The molecule has 7 nitrogen and oxygen atoms in total. The van der Waals surface area contributed by atoms with Gasteiger partial charge in [0.15, 0.2) is 0 Å². The van der Waals surface area contributed by atoms with Crippen molar-refractivity contribution in [3.05, 3.63) is 48.5 Å². The minimum atomic E-state index is -3.97. The van der Waals surface area contributed by atoms with Crippen LogP contribution in [-0.4, -0.2) is 31.0 Å². The van der Waals surface area contributed by atoms with Gasteiger partial charge in [-0.05, 0) is 30.3 Å². The zero-order valence-electron chi connectivity index (χ0n) is 12.4. The third-order valence-electron chi connectivity index (χ3n) is 3.91. The molecular weight excluding hydrogens is 330 g/mol. The number of phenols is 1. The van der Waals surface area contributed by atoms with Crippen molar-refractivity contribution in [3.63, 3.8) is 0 Å². The smallest absolute Gasteiger partial charge is 0.326 e. The summed E-state index contributed by atoms with van der Waals surface area (Å²) in [5.41, 5.74) is 2.50. The summed E-state index contributed by atoms with van der Waals surface area (Å²) in [7, 11) is -3.97. The van der Waals surface area contributed by atoms with Crippen LogP contribution < -0.4 is 9.03 Å². The summed E-state index contributed by atoms with van der Waals surface area (Å²) < 4.78 is 26.7.